The van der Waals surface area contributed by atoms with Gasteiger partial charge < -0.3 is 10.5 Å². The number of ether oxygens (including phenoxy) is 1. The third-order valence-electron chi connectivity index (χ3n) is 1.84. The average molecular weight is 213 g/mol. The molecule has 2 rings (SSSR count). The first-order valence-electron chi connectivity index (χ1n) is 4.83. The largest absolute Gasteiger partial charge is 0.426 e. The van der Waals surface area contributed by atoms with Crippen molar-refractivity contribution >= 4 is 11.8 Å². The Morgan fingerprint density at radius 3 is 2.50 bits per heavy atom. The molecule has 4 nitrogen and oxygen atoms in total. The summed E-state index contributed by atoms with van der Waals surface area (Å²) in [7, 11) is 0. The van der Waals surface area contributed by atoms with Crippen LogP contribution in [0.3, 0.4) is 0 Å². The lowest BCUT2D eigenvalue weighted by Gasteiger charge is -2.02. The summed E-state index contributed by atoms with van der Waals surface area (Å²) in [6.45, 7) is 0. The Hall–Kier alpha value is -2.36. The van der Waals surface area contributed by atoms with E-state index in [9.17, 15) is 0 Å². The number of amidine groups is 1. The molecule has 1 heterocycles. The molecular formula is C12H11N3O. The number of nitrogens with two attached hydrogens (primary N) is 1. The molecule has 0 bridgehead atoms. The minimum atomic E-state index is 0.0740. The van der Waals surface area contributed by atoms with Crippen LogP contribution in [0.1, 0.15) is 0 Å². The summed E-state index contributed by atoms with van der Waals surface area (Å²) in [5.74, 6) is 1.18. The van der Waals surface area contributed by atoms with Crippen molar-refractivity contribution in [1.82, 2.24) is 4.98 Å². The fraction of sp³-hybridized carbons (Fsp3) is 0. The fourth-order valence-electron chi connectivity index (χ4n) is 1.16. The Balaban J connectivity index is 2.09. The molecule has 0 atom stereocenters. The highest BCUT2D eigenvalue weighted by Crippen LogP contribution is 2.10. The molecule has 2 aromatic rings. The Labute approximate surface area is 93.4 Å². The van der Waals surface area contributed by atoms with Crippen molar-refractivity contribution in [2.24, 2.45) is 10.7 Å². The molecule has 0 aliphatic heterocycles. The first-order chi connectivity index (χ1) is 7.84. The zero-order valence-electron chi connectivity index (χ0n) is 8.58. The predicted molar refractivity (Wildman–Crippen MR) is 62.6 cm³/mol. The number of hydrogen-bond acceptors (Lipinski definition) is 3. The fourth-order valence-corrected chi connectivity index (χ4v) is 1.16. The van der Waals surface area contributed by atoms with Gasteiger partial charge in [-0.25, -0.2) is 4.98 Å². The van der Waals surface area contributed by atoms with Gasteiger partial charge in [-0.15, -0.1) is 0 Å². The molecule has 0 radical (unpaired) electrons. The zero-order valence-corrected chi connectivity index (χ0v) is 8.58. The maximum atomic E-state index is 5.63. The van der Waals surface area contributed by atoms with Crippen molar-refractivity contribution in [2.75, 3.05) is 0 Å². The third-order valence-corrected chi connectivity index (χ3v) is 1.84. The lowest BCUT2D eigenvalue weighted by molar-refractivity contribution is 0.542. The summed E-state index contributed by atoms with van der Waals surface area (Å²) >= 11 is 0. The average Bonchev–Trinajstić information content (AvgIpc) is 2.31. The topological polar surface area (TPSA) is 60.5 Å². The minimum Gasteiger partial charge on any atom is -0.426 e. The molecule has 0 amide bonds. The number of rotatable bonds is 2. The van der Waals surface area contributed by atoms with E-state index in [1.165, 1.54) is 0 Å². The molecular weight excluding hydrogens is 202 g/mol. The van der Waals surface area contributed by atoms with E-state index < -0.39 is 0 Å². The summed E-state index contributed by atoms with van der Waals surface area (Å²) in [5.41, 5.74) is 5.63. The molecule has 0 saturated heterocycles. The number of aromatic nitrogens is 1. The smallest absolute Gasteiger partial charge is 0.294 e. The summed E-state index contributed by atoms with van der Waals surface area (Å²) in [6.07, 6.45) is 1.65. The summed E-state index contributed by atoms with van der Waals surface area (Å²) in [4.78, 5) is 8.03. The van der Waals surface area contributed by atoms with Gasteiger partial charge in [0.15, 0.2) is 5.82 Å². The first-order valence-corrected chi connectivity index (χ1v) is 4.83. The number of nitrogens with zero attached hydrogens (tertiary/aromatic N) is 2. The van der Waals surface area contributed by atoms with E-state index in [1.54, 1.807) is 24.4 Å². The zero-order chi connectivity index (χ0) is 11.2. The Morgan fingerprint density at radius 1 is 1.06 bits per heavy atom. The first kappa shape index (κ1) is 10.2. The van der Waals surface area contributed by atoms with Crippen LogP contribution in [0.4, 0.5) is 5.82 Å². The molecule has 16 heavy (non-hydrogen) atoms. The lowest BCUT2D eigenvalue weighted by Crippen LogP contribution is -2.19. The van der Waals surface area contributed by atoms with Crippen LogP contribution in [0.2, 0.25) is 0 Å². The Morgan fingerprint density at radius 2 is 1.81 bits per heavy atom. The van der Waals surface area contributed by atoms with Crippen LogP contribution in [0.5, 0.6) is 5.75 Å². The molecule has 80 valence electrons. The maximum absolute atomic E-state index is 5.63. The van der Waals surface area contributed by atoms with Crippen LogP contribution in [0.15, 0.2) is 59.7 Å². The molecule has 1 aromatic heterocycles. The van der Waals surface area contributed by atoms with E-state index in [0.29, 0.717) is 11.6 Å². The molecule has 0 spiro atoms. The normalized spacial score (nSPS) is 11.1. The van der Waals surface area contributed by atoms with Crippen molar-refractivity contribution < 1.29 is 4.74 Å². The molecule has 0 aliphatic rings. The van der Waals surface area contributed by atoms with Crippen LogP contribution in [0, 0.1) is 0 Å². The minimum absolute atomic E-state index is 0.0740. The Bertz CT molecular complexity index is 468. The van der Waals surface area contributed by atoms with E-state index in [4.69, 9.17) is 10.5 Å². The van der Waals surface area contributed by atoms with E-state index >= 15 is 0 Å². The van der Waals surface area contributed by atoms with Crippen molar-refractivity contribution in [3.05, 3.63) is 54.7 Å². The van der Waals surface area contributed by atoms with Crippen LogP contribution in [-0.4, -0.2) is 11.0 Å². The quantitative estimate of drug-likeness (QED) is 0.614. The summed E-state index contributed by atoms with van der Waals surface area (Å²) in [5, 5.41) is 0. The third kappa shape index (κ3) is 2.81. The second-order valence-corrected chi connectivity index (χ2v) is 3.05. The predicted octanol–water partition coefficient (Wildman–Crippen LogP) is 2.11. The molecule has 0 aliphatic carbocycles. The van der Waals surface area contributed by atoms with Crippen molar-refractivity contribution in [3.63, 3.8) is 0 Å². The standard InChI is InChI=1S/C12H11N3O/c13-12(15-11-8-4-5-9-14-11)16-10-6-2-1-3-7-10/h1-9H,(H2,13,14,15). The van der Waals surface area contributed by atoms with Gasteiger partial charge in [-0.1, -0.05) is 24.3 Å². The molecule has 0 fully saturated rings. The van der Waals surface area contributed by atoms with E-state index in [0.717, 1.165) is 0 Å². The lowest BCUT2D eigenvalue weighted by atomic mass is 10.3. The van der Waals surface area contributed by atoms with Crippen molar-refractivity contribution in [2.45, 2.75) is 0 Å². The SMILES string of the molecule is NC(=Nc1ccccn1)Oc1ccccc1. The number of aliphatic imine (C=N–C) groups is 1. The van der Waals surface area contributed by atoms with E-state index in [2.05, 4.69) is 9.98 Å². The molecule has 1 aromatic carbocycles. The number of benzene rings is 1. The van der Waals surface area contributed by atoms with Gasteiger partial charge in [0.2, 0.25) is 0 Å². The second-order valence-electron chi connectivity index (χ2n) is 3.05. The highest BCUT2D eigenvalue weighted by Gasteiger charge is 1.97. The van der Waals surface area contributed by atoms with Gasteiger partial charge in [0.25, 0.3) is 6.02 Å². The molecule has 4 heteroatoms. The van der Waals surface area contributed by atoms with Gasteiger partial charge in [0.1, 0.15) is 5.75 Å². The van der Waals surface area contributed by atoms with Crippen molar-refractivity contribution in [1.29, 1.82) is 0 Å². The van der Waals surface area contributed by atoms with E-state index in [1.807, 2.05) is 30.3 Å². The second kappa shape index (κ2) is 4.93. The monoisotopic (exact) mass is 213 g/mol. The van der Waals surface area contributed by atoms with Gasteiger partial charge in [0, 0.05) is 6.20 Å². The van der Waals surface area contributed by atoms with Gasteiger partial charge in [0.05, 0.1) is 0 Å². The van der Waals surface area contributed by atoms with Gasteiger partial charge in [-0.2, -0.15) is 4.99 Å². The van der Waals surface area contributed by atoms with Crippen molar-refractivity contribution in [3.8, 4) is 5.75 Å². The Kier molecular flexibility index (Phi) is 3.13. The molecule has 0 saturated carbocycles. The van der Waals surface area contributed by atoms with Crippen LogP contribution in [0.25, 0.3) is 0 Å². The highest BCUT2D eigenvalue weighted by molar-refractivity contribution is 5.76. The van der Waals surface area contributed by atoms with Gasteiger partial charge in [-0.05, 0) is 24.3 Å². The summed E-state index contributed by atoms with van der Waals surface area (Å²) < 4.78 is 5.31. The van der Waals surface area contributed by atoms with Crippen LogP contribution in [-0.2, 0) is 0 Å². The number of para-hydroxylation sites is 1. The van der Waals surface area contributed by atoms with Gasteiger partial charge in [-0.3, -0.25) is 0 Å². The molecule has 0 unspecified atom stereocenters. The van der Waals surface area contributed by atoms with E-state index in [-0.39, 0.29) is 6.02 Å². The highest BCUT2D eigenvalue weighted by atomic mass is 16.5. The number of pyridine rings is 1. The van der Waals surface area contributed by atoms with Crippen LogP contribution < -0.4 is 10.5 Å². The molecule has 2 N–H and O–H groups in total. The summed E-state index contributed by atoms with van der Waals surface area (Å²) in [6, 6.07) is 14.7. The van der Waals surface area contributed by atoms with Crippen LogP contribution >= 0.6 is 0 Å². The van der Waals surface area contributed by atoms with Gasteiger partial charge >= 0.3 is 0 Å². The number of hydrogen-bond donors (Lipinski definition) is 1. The maximum Gasteiger partial charge on any atom is 0.294 e.